The van der Waals surface area contributed by atoms with E-state index in [2.05, 4.69) is 163 Å². The maximum atomic E-state index is 5.01. The maximum Gasteiger partial charge on any atom is 0.114 e. The van der Waals surface area contributed by atoms with E-state index in [1.165, 1.54) is 81.4 Å². The molecule has 0 aliphatic heterocycles. The lowest BCUT2D eigenvalue weighted by Gasteiger charge is -2.18. The zero-order valence-electron chi connectivity index (χ0n) is 26.0. The number of aromatic nitrogens is 2. The first-order valence-corrected chi connectivity index (χ1v) is 16.5. The van der Waals surface area contributed by atoms with E-state index in [1.54, 1.807) is 0 Å². The Kier molecular flexibility index (Phi) is 5.59. The predicted octanol–water partition coefficient (Wildman–Crippen LogP) is 12.2. The van der Waals surface area contributed by atoms with Gasteiger partial charge < -0.3 is 0 Å². The molecule has 0 unspecified atom stereocenters. The first-order valence-electron chi connectivity index (χ1n) is 16.5. The number of fused-ring (bicyclic) bond motifs is 7. The van der Waals surface area contributed by atoms with Gasteiger partial charge in [0.1, 0.15) is 5.82 Å². The fraction of sp³-hybridized carbons (Fsp3) is 0.0444. The highest BCUT2D eigenvalue weighted by atomic mass is 15.1. The zero-order valence-corrected chi connectivity index (χ0v) is 26.0. The molecule has 0 bridgehead atoms. The molecule has 1 aromatic heterocycles. The van der Waals surface area contributed by atoms with Crippen molar-refractivity contribution in [2.75, 3.05) is 0 Å². The van der Waals surface area contributed by atoms with Crippen LogP contribution in [0.1, 0.15) is 12.7 Å². The second kappa shape index (κ2) is 10.0. The molecular weight excluding hydrogens is 569 g/mol. The molecule has 0 radical (unpaired) electrons. The van der Waals surface area contributed by atoms with Gasteiger partial charge >= 0.3 is 0 Å². The van der Waals surface area contributed by atoms with E-state index < -0.39 is 0 Å². The Morgan fingerprint density at radius 2 is 0.979 bits per heavy atom. The number of para-hydroxylation sites is 2. The van der Waals surface area contributed by atoms with Gasteiger partial charge in [-0.1, -0.05) is 140 Å². The maximum absolute atomic E-state index is 5.01. The van der Waals surface area contributed by atoms with Crippen LogP contribution in [0.4, 0.5) is 0 Å². The molecule has 0 aliphatic carbocycles. The van der Waals surface area contributed by atoms with Gasteiger partial charge in [-0.25, -0.2) is 4.98 Å². The van der Waals surface area contributed by atoms with Gasteiger partial charge in [0.05, 0.1) is 16.7 Å². The number of aryl methyl sites for hydroxylation is 1. The van der Waals surface area contributed by atoms with E-state index in [0.29, 0.717) is 0 Å². The minimum absolute atomic E-state index is 0.855. The van der Waals surface area contributed by atoms with Gasteiger partial charge in [0, 0.05) is 11.8 Å². The van der Waals surface area contributed by atoms with Crippen LogP contribution in [-0.2, 0) is 6.42 Å². The topological polar surface area (TPSA) is 17.8 Å². The zero-order chi connectivity index (χ0) is 31.1. The third-order valence-electron chi connectivity index (χ3n) is 10.1. The largest absolute Gasteiger partial charge is 0.296 e. The molecule has 1 heterocycles. The number of benzene rings is 8. The molecule has 0 saturated heterocycles. The standard InChI is InChI=1S/C45H30N2/c1-2-42-46-39-22-7-8-23-41(39)47(42)40-27-26-32(30-14-3-5-16-33(30)40)36-20-11-21-38-37-19-10-13-29-25-24-28-12-9-18-34(43(28)44(29)37)31-15-4-6-17-35(31)45(36)38/h3-27H,2H2,1H3. The Bertz CT molecular complexity index is 2890. The lowest BCUT2D eigenvalue weighted by atomic mass is 9.87. The average molecular weight is 599 g/mol. The summed E-state index contributed by atoms with van der Waals surface area (Å²) >= 11 is 0. The van der Waals surface area contributed by atoms with Gasteiger partial charge in [-0.3, -0.25) is 4.57 Å². The molecule has 0 amide bonds. The molecule has 10 aromatic rings. The molecule has 2 nitrogen and oxygen atoms in total. The highest BCUT2D eigenvalue weighted by molar-refractivity contribution is 6.34. The van der Waals surface area contributed by atoms with Crippen molar-refractivity contribution in [2.45, 2.75) is 13.3 Å². The fourth-order valence-electron chi connectivity index (χ4n) is 8.13. The van der Waals surface area contributed by atoms with Crippen LogP contribution in [0.25, 0.3) is 92.5 Å². The Morgan fingerprint density at radius 3 is 1.72 bits per heavy atom. The number of hydrogen-bond donors (Lipinski definition) is 0. The van der Waals surface area contributed by atoms with Crippen molar-refractivity contribution in [2.24, 2.45) is 0 Å². The fourth-order valence-corrected chi connectivity index (χ4v) is 8.13. The van der Waals surface area contributed by atoms with E-state index in [-0.39, 0.29) is 0 Å². The van der Waals surface area contributed by atoms with E-state index in [4.69, 9.17) is 4.98 Å². The second-order valence-corrected chi connectivity index (χ2v) is 12.5. The van der Waals surface area contributed by atoms with Gasteiger partial charge in [-0.2, -0.15) is 0 Å². The van der Waals surface area contributed by atoms with Crippen molar-refractivity contribution < 1.29 is 0 Å². The first-order chi connectivity index (χ1) is 23.3. The number of hydrogen-bond acceptors (Lipinski definition) is 1. The van der Waals surface area contributed by atoms with Gasteiger partial charge in [0.15, 0.2) is 0 Å². The molecule has 47 heavy (non-hydrogen) atoms. The Morgan fingerprint density at radius 1 is 0.426 bits per heavy atom. The van der Waals surface area contributed by atoms with Crippen molar-refractivity contribution in [1.29, 1.82) is 0 Å². The number of nitrogens with zero attached hydrogens (tertiary/aromatic N) is 2. The van der Waals surface area contributed by atoms with Crippen molar-refractivity contribution in [3.8, 4) is 16.8 Å². The van der Waals surface area contributed by atoms with Crippen LogP contribution in [0.5, 0.6) is 0 Å². The van der Waals surface area contributed by atoms with Gasteiger partial charge in [-0.15, -0.1) is 0 Å². The normalized spacial score (nSPS) is 12.0. The summed E-state index contributed by atoms with van der Waals surface area (Å²) in [5.41, 5.74) is 5.81. The minimum Gasteiger partial charge on any atom is -0.296 e. The molecular formula is C45H30N2. The van der Waals surface area contributed by atoms with Gasteiger partial charge in [0.2, 0.25) is 0 Å². The SMILES string of the molecule is CCc1nc2ccccc2n1-c1ccc(-c2cccc3c4cccc5ccc6cccc(c7ccccc7c23)c6c54)c2ccccc12. The highest BCUT2D eigenvalue weighted by Gasteiger charge is 2.18. The summed E-state index contributed by atoms with van der Waals surface area (Å²) in [6.45, 7) is 2.19. The summed E-state index contributed by atoms with van der Waals surface area (Å²) < 4.78 is 2.35. The quantitative estimate of drug-likeness (QED) is 0.185. The lowest BCUT2D eigenvalue weighted by molar-refractivity contribution is 0.913. The molecule has 0 aliphatic rings. The summed E-state index contributed by atoms with van der Waals surface area (Å²) in [6.07, 6.45) is 0.855. The summed E-state index contributed by atoms with van der Waals surface area (Å²) in [5, 5.41) is 15.3. The first kappa shape index (κ1) is 26.2. The Hall–Kier alpha value is -5.99. The molecule has 0 saturated carbocycles. The highest BCUT2D eigenvalue weighted by Crippen LogP contribution is 2.44. The average Bonchev–Trinajstić information content (AvgIpc) is 3.51. The van der Waals surface area contributed by atoms with Crippen molar-refractivity contribution in [1.82, 2.24) is 9.55 Å². The second-order valence-electron chi connectivity index (χ2n) is 12.5. The van der Waals surface area contributed by atoms with Crippen LogP contribution in [0.15, 0.2) is 152 Å². The van der Waals surface area contributed by atoms with Crippen LogP contribution >= 0.6 is 0 Å². The van der Waals surface area contributed by atoms with Gasteiger partial charge in [-0.05, 0) is 88.6 Å². The monoisotopic (exact) mass is 598 g/mol. The summed E-state index contributed by atoms with van der Waals surface area (Å²) in [5.74, 6) is 1.07. The van der Waals surface area contributed by atoms with E-state index in [9.17, 15) is 0 Å². The molecule has 0 spiro atoms. The van der Waals surface area contributed by atoms with Crippen LogP contribution in [-0.4, -0.2) is 9.55 Å². The van der Waals surface area contributed by atoms with Gasteiger partial charge in [0.25, 0.3) is 0 Å². The third-order valence-corrected chi connectivity index (χ3v) is 10.1. The molecule has 0 atom stereocenters. The number of rotatable bonds is 3. The van der Waals surface area contributed by atoms with Crippen molar-refractivity contribution in [3.05, 3.63) is 157 Å². The van der Waals surface area contributed by atoms with E-state index in [0.717, 1.165) is 23.3 Å². The van der Waals surface area contributed by atoms with Crippen LogP contribution in [0.3, 0.4) is 0 Å². The molecule has 10 rings (SSSR count). The van der Waals surface area contributed by atoms with E-state index in [1.807, 2.05) is 0 Å². The molecule has 9 aromatic carbocycles. The molecule has 220 valence electrons. The summed E-state index contributed by atoms with van der Waals surface area (Å²) in [4.78, 5) is 5.01. The van der Waals surface area contributed by atoms with Crippen LogP contribution in [0.2, 0.25) is 0 Å². The smallest absolute Gasteiger partial charge is 0.114 e. The van der Waals surface area contributed by atoms with E-state index >= 15 is 0 Å². The molecule has 0 fully saturated rings. The van der Waals surface area contributed by atoms with Crippen LogP contribution in [0, 0.1) is 0 Å². The lowest BCUT2D eigenvalue weighted by Crippen LogP contribution is -2.01. The third kappa shape index (κ3) is 3.70. The van der Waals surface area contributed by atoms with Crippen molar-refractivity contribution >= 4 is 75.7 Å². The molecule has 2 heteroatoms. The Labute approximate surface area is 272 Å². The predicted molar refractivity (Wildman–Crippen MR) is 201 cm³/mol. The van der Waals surface area contributed by atoms with Crippen LogP contribution < -0.4 is 0 Å². The van der Waals surface area contributed by atoms with Crippen molar-refractivity contribution in [3.63, 3.8) is 0 Å². The minimum atomic E-state index is 0.855. The summed E-state index contributed by atoms with van der Waals surface area (Å²) in [7, 11) is 0. The molecule has 0 N–H and O–H groups in total. The Balaban J connectivity index is 1.39. The number of imidazole rings is 1. The summed E-state index contributed by atoms with van der Waals surface area (Å²) in [6, 6.07) is 55.9.